The smallest absolute Gasteiger partial charge is 0.0228 e. The number of aryl methyl sites for hydroxylation is 4. The van der Waals surface area contributed by atoms with E-state index in [-0.39, 0.29) is 0 Å². The second kappa shape index (κ2) is 69.6. The van der Waals surface area contributed by atoms with Gasteiger partial charge in [0.15, 0.2) is 0 Å². The van der Waals surface area contributed by atoms with E-state index in [9.17, 15) is 0 Å². The number of fused-ring (bicyclic) bond motifs is 7. The zero-order valence-corrected chi connectivity index (χ0v) is 71.5. The molecule has 0 heterocycles. The Morgan fingerprint density at radius 2 is 0.355 bits per heavy atom. The Labute approximate surface area is 669 Å². The van der Waals surface area contributed by atoms with E-state index in [0.29, 0.717) is 0 Å². The second-order valence-corrected chi connectivity index (χ2v) is 36.3. The topological polar surface area (TPSA) is 0 Å². The largest absolute Gasteiger partial charge is 0.0885 e. The third-order valence-electron chi connectivity index (χ3n) is 26.4. The molecule has 0 aromatic heterocycles. The normalized spacial score (nSPS) is 26.4. The van der Waals surface area contributed by atoms with Crippen LogP contribution >= 0.6 is 0 Å². The summed E-state index contributed by atoms with van der Waals surface area (Å²) < 4.78 is 0. The molecule has 2 aromatic rings. The quantitative estimate of drug-likeness (QED) is 0.182. The Balaban J connectivity index is 0.000000180. The lowest BCUT2D eigenvalue weighted by Crippen LogP contribution is -2.22. The minimum Gasteiger partial charge on any atom is -0.0885 e. The molecule has 0 N–H and O–H groups in total. The van der Waals surface area contributed by atoms with Crippen LogP contribution in [0.2, 0.25) is 0 Å². The Morgan fingerprint density at radius 3 is 0.533 bits per heavy atom. The molecule has 0 amide bonds. The van der Waals surface area contributed by atoms with Crippen LogP contribution in [0.3, 0.4) is 0 Å². The van der Waals surface area contributed by atoms with E-state index >= 15 is 0 Å². The fraction of sp³-hybridized carbons (Fsp3) is 0.776. The third-order valence-corrected chi connectivity index (χ3v) is 26.4. The molecule has 0 aliphatic heterocycles. The second-order valence-electron chi connectivity index (χ2n) is 36.3. The van der Waals surface area contributed by atoms with E-state index in [1.807, 2.05) is 0 Å². The number of allylic oxidation sites excluding steroid dienone is 12. The highest BCUT2D eigenvalue weighted by atomic mass is 14.4. The minimum atomic E-state index is 0.991. The van der Waals surface area contributed by atoms with Gasteiger partial charge in [0.2, 0.25) is 0 Å². The summed E-state index contributed by atoms with van der Waals surface area (Å²) in [7, 11) is 0. The van der Waals surface area contributed by atoms with Crippen LogP contribution < -0.4 is 0 Å². The first-order valence-electron chi connectivity index (χ1n) is 49.4. The zero-order chi connectivity index (χ0) is 74.4. The third kappa shape index (κ3) is 53.5. The van der Waals surface area contributed by atoms with Gasteiger partial charge in [-0.15, -0.1) is 0 Å². The van der Waals surface area contributed by atoms with Gasteiger partial charge in [-0.25, -0.2) is 0 Å². The first-order valence-corrected chi connectivity index (χ1v) is 49.4. The highest BCUT2D eigenvalue weighted by molar-refractivity contribution is 5.31. The molecular weight excluding hydrogens is 1290 g/mol. The molecule has 0 heteroatoms. The summed E-state index contributed by atoms with van der Waals surface area (Å²) in [5.74, 6) is 6.63. The van der Waals surface area contributed by atoms with Gasteiger partial charge < -0.3 is 0 Å². The number of hydrogen-bond acceptors (Lipinski definition) is 0. The summed E-state index contributed by atoms with van der Waals surface area (Å²) in [6.07, 6.45) is 140. The van der Waals surface area contributed by atoms with Gasteiger partial charge >= 0.3 is 0 Å². The molecule has 2 aromatic carbocycles. The number of rotatable bonds is 0. The Bertz CT molecular complexity index is 2190. The van der Waals surface area contributed by atoms with Crippen LogP contribution in [0.15, 0.2) is 121 Å². The van der Waals surface area contributed by atoms with Crippen molar-refractivity contribution in [3.05, 3.63) is 144 Å². The first kappa shape index (κ1) is 92.7. The molecule has 107 heavy (non-hydrogen) atoms. The summed E-state index contributed by atoms with van der Waals surface area (Å²) in [4.78, 5) is 0. The van der Waals surface area contributed by atoms with E-state index in [1.165, 1.54) is 448 Å². The van der Waals surface area contributed by atoms with Crippen molar-refractivity contribution in [3.63, 3.8) is 0 Å². The molecule has 2 unspecified atom stereocenters. The first-order chi connectivity index (χ1) is 53.3. The molecule has 608 valence electrons. The fourth-order valence-corrected chi connectivity index (χ4v) is 18.8. The molecule has 2 atom stereocenters. The van der Waals surface area contributed by atoms with Crippen LogP contribution in [-0.4, -0.2) is 0 Å². The maximum Gasteiger partial charge on any atom is -0.0228 e. The van der Waals surface area contributed by atoms with Gasteiger partial charge in [-0.2, -0.15) is 0 Å². The van der Waals surface area contributed by atoms with Gasteiger partial charge in [-0.1, -0.05) is 430 Å². The lowest BCUT2D eigenvalue weighted by Gasteiger charge is -2.35. The van der Waals surface area contributed by atoms with Crippen LogP contribution in [0.1, 0.15) is 491 Å². The van der Waals surface area contributed by atoms with Crippen molar-refractivity contribution in [2.75, 3.05) is 0 Å². The predicted molar refractivity (Wildman–Crippen MR) is 481 cm³/mol. The SMILES string of the molecule is C1=CC2CCC1C2.C1=CCCC1.C1=CCCC1.C1=CCCCC1.C1=CCCCCC1.C1=CCCCCCC1.C1CC1.C1CC2CCC1C2.C1CCC1.C1CCC2CCCCC2C1.C1CCCC1.C1CCCCC1.C1CCCCCC1.C1CCCCCCC1.c1ccc2c(c1)CCC2.c1ccc2c(c1)CCCC2. The summed E-state index contributed by atoms with van der Waals surface area (Å²) in [6, 6.07) is 17.5. The molecule has 4 bridgehead atoms. The molecule has 11 fully saturated rings. The van der Waals surface area contributed by atoms with Crippen LogP contribution in [0, 0.1) is 35.5 Å². The van der Waals surface area contributed by atoms with Crippen molar-refractivity contribution in [2.24, 2.45) is 35.5 Å². The van der Waals surface area contributed by atoms with E-state index in [0.717, 1.165) is 23.7 Å². The minimum absolute atomic E-state index is 0.991. The highest BCUT2D eigenvalue weighted by Gasteiger charge is 2.31. The van der Waals surface area contributed by atoms with Gasteiger partial charge in [0.1, 0.15) is 0 Å². The number of hydrogen-bond donors (Lipinski definition) is 0. The molecule has 0 nitrogen and oxygen atoms in total. The van der Waals surface area contributed by atoms with Crippen molar-refractivity contribution in [1.29, 1.82) is 0 Å². The molecule has 11 saturated carbocycles. The summed E-state index contributed by atoms with van der Waals surface area (Å²) in [6.45, 7) is 0. The predicted octanol–water partition coefficient (Wildman–Crippen LogP) is 36.1. The summed E-state index contributed by atoms with van der Waals surface area (Å²) >= 11 is 0. The Morgan fingerprint density at radius 1 is 0.159 bits per heavy atom. The standard InChI is InChI=1S/C10H18.C10H12.C9H10.C8H16.C8H14.C7H12.C7H10.C7H14.C7H12.C6H12.C6H10.C5H10.2C5H8.C4H8.C3H6/c2*1-2-6-10-8-4-3-7-9(10)5-1;1-2-5-9-7-3-6-8(9)4-1;2*1-2-4-6-8-7-5-3-1;2*1-2-7-4-3-6(1)5-7;2*1-2-4-6-7-5-3-1;2*1-2-4-6-5-3-1;3*1-2-4-5-3-1;1-2-4-3-1;1-2-3-1/h9-10H,1-8H2;1-2,5-6H,3-4,7-8H2;1-2,4-5H,3,6-7H2;1-8H2;1-2H,3-8H2;6-7H,1-5H2;1-2,6-7H,3-5H2;1-7H2;1-2H,3-7H2;1-6H2;1-2H,3-6H2;1-5H2;2*1-2H,3-5H2;1-4H2;1-3H2. The van der Waals surface area contributed by atoms with Gasteiger partial charge in [-0.05, 0) is 244 Å². The van der Waals surface area contributed by atoms with Crippen molar-refractivity contribution in [3.8, 4) is 0 Å². The highest BCUT2D eigenvalue weighted by Crippen LogP contribution is 2.44. The fourth-order valence-electron chi connectivity index (χ4n) is 18.8. The van der Waals surface area contributed by atoms with Crippen molar-refractivity contribution < 1.29 is 0 Å². The summed E-state index contributed by atoms with van der Waals surface area (Å²) in [5, 5.41) is 0. The average molecular weight is 1470 g/mol. The van der Waals surface area contributed by atoms with Gasteiger partial charge in [0, 0.05) is 0 Å². The van der Waals surface area contributed by atoms with E-state index in [1.54, 1.807) is 80.0 Å². The average Bonchev–Trinajstić information content (AvgIpc) is 1.82. The Hall–Kier alpha value is -3.12. The van der Waals surface area contributed by atoms with Crippen LogP contribution in [0.25, 0.3) is 0 Å². The molecule has 0 spiro atoms. The van der Waals surface area contributed by atoms with Crippen molar-refractivity contribution in [1.82, 2.24) is 0 Å². The molecule has 0 radical (unpaired) electrons. The zero-order valence-electron chi connectivity index (χ0n) is 71.5. The lowest BCUT2D eigenvalue weighted by atomic mass is 9.71. The van der Waals surface area contributed by atoms with E-state index in [2.05, 4.69) is 121 Å². The molecule has 19 aliphatic carbocycles. The summed E-state index contributed by atoms with van der Waals surface area (Å²) in [5.41, 5.74) is 6.29. The number of benzene rings is 2. The van der Waals surface area contributed by atoms with Crippen LogP contribution in [0.4, 0.5) is 0 Å². The van der Waals surface area contributed by atoms with Crippen molar-refractivity contribution >= 4 is 0 Å². The monoisotopic (exact) mass is 1470 g/mol. The molecule has 19 aliphatic rings. The van der Waals surface area contributed by atoms with Crippen LogP contribution in [0.5, 0.6) is 0 Å². The van der Waals surface area contributed by atoms with Crippen LogP contribution in [-0.2, 0) is 25.7 Å². The molecular formula is C107H180. The van der Waals surface area contributed by atoms with Crippen molar-refractivity contribution in [2.45, 2.75) is 494 Å². The molecule has 21 rings (SSSR count). The Kier molecular flexibility index (Phi) is 60.3. The van der Waals surface area contributed by atoms with Gasteiger partial charge in [-0.3, -0.25) is 0 Å². The maximum atomic E-state index is 2.38. The van der Waals surface area contributed by atoms with E-state index in [4.69, 9.17) is 0 Å². The van der Waals surface area contributed by atoms with E-state index < -0.39 is 0 Å². The van der Waals surface area contributed by atoms with Gasteiger partial charge in [0.05, 0.1) is 0 Å². The lowest BCUT2D eigenvalue weighted by molar-refractivity contribution is 0.171. The molecule has 0 saturated heterocycles. The maximum absolute atomic E-state index is 2.38. The van der Waals surface area contributed by atoms with Gasteiger partial charge in [0.25, 0.3) is 0 Å².